The molecule has 1 atom stereocenters. The van der Waals surface area contributed by atoms with E-state index in [0.29, 0.717) is 0 Å². The predicted octanol–water partition coefficient (Wildman–Crippen LogP) is 2.34. The lowest BCUT2D eigenvalue weighted by molar-refractivity contribution is 0.171. The van der Waals surface area contributed by atoms with Crippen molar-refractivity contribution in [2.24, 2.45) is 0 Å². The molecule has 1 aromatic rings. The molecule has 62 valence electrons. The molecule has 1 aromatic heterocycles. The molecule has 0 spiro atoms. The predicted molar refractivity (Wildman–Crippen MR) is 43.4 cm³/mol. The zero-order valence-corrected chi connectivity index (χ0v) is 7.22. The van der Waals surface area contributed by atoms with E-state index in [-0.39, 0.29) is 6.10 Å². The summed E-state index contributed by atoms with van der Waals surface area (Å²) in [5.41, 5.74) is 0.921. The Bertz CT molecular complexity index is 238. The lowest BCUT2D eigenvalue weighted by Crippen LogP contribution is -1.94. The first-order valence-corrected chi connectivity index (χ1v) is 3.90. The molecular formula is C9H14O2. The molecule has 2 nitrogen and oxygen atoms in total. The largest absolute Gasteiger partial charge is 0.466 e. The van der Waals surface area contributed by atoms with Crippen molar-refractivity contribution in [3.63, 3.8) is 0 Å². The van der Waals surface area contributed by atoms with E-state index in [9.17, 15) is 5.11 Å². The van der Waals surface area contributed by atoms with Crippen LogP contribution in [-0.2, 0) is 0 Å². The molecule has 0 aliphatic carbocycles. The maximum atomic E-state index is 9.46. The van der Waals surface area contributed by atoms with Gasteiger partial charge in [0.05, 0.1) is 6.10 Å². The van der Waals surface area contributed by atoms with E-state index in [2.05, 4.69) is 0 Å². The zero-order chi connectivity index (χ0) is 8.43. The van der Waals surface area contributed by atoms with Crippen molar-refractivity contribution < 1.29 is 9.52 Å². The van der Waals surface area contributed by atoms with E-state index in [1.54, 1.807) is 0 Å². The highest BCUT2D eigenvalue weighted by atomic mass is 16.3. The molecule has 11 heavy (non-hydrogen) atoms. The number of aryl methyl sites for hydroxylation is 2. The van der Waals surface area contributed by atoms with Gasteiger partial charge in [0, 0.05) is 5.56 Å². The van der Waals surface area contributed by atoms with E-state index < -0.39 is 0 Å². The summed E-state index contributed by atoms with van der Waals surface area (Å²) >= 11 is 0. The van der Waals surface area contributed by atoms with Crippen molar-refractivity contribution in [2.75, 3.05) is 0 Å². The Labute approximate surface area is 66.8 Å². The summed E-state index contributed by atoms with van der Waals surface area (Å²) in [5.74, 6) is 1.70. The molecule has 1 rings (SSSR count). The lowest BCUT2D eigenvalue weighted by Gasteiger charge is -2.04. The summed E-state index contributed by atoms with van der Waals surface area (Å²) < 4.78 is 5.28. The van der Waals surface area contributed by atoms with E-state index in [0.717, 1.165) is 23.5 Å². The van der Waals surface area contributed by atoms with Crippen molar-refractivity contribution >= 4 is 0 Å². The van der Waals surface area contributed by atoms with Crippen LogP contribution in [0.25, 0.3) is 0 Å². The van der Waals surface area contributed by atoms with Gasteiger partial charge >= 0.3 is 0 Å². The van der Waals surface area contributed by atoms with Gasteiger partial charge in [-0.3, -0.25) is 0 Å². The van der Waals surface area contributed by atoms with Crippen LogP contribution in [0.2, 0.25) is 0 Å². The lowest BCUT2D eigenvalue weighted by atomic mass is 10.1. The standard InChI is InChI=1S/C9H14O2/c1-4-9(10)8-5-6(2)11-7(8)3/h5,9-10H,4H2,1-3H3. The SMILES string of the molecule is CCC(O)c1cc(C)oc1C. The third kappa shape index (κ3) is 1.63. The molecular weight excluding hydrogens is 140 g/mol. The fraction of sp³-hybridized carbons (Fsp3) is 0.556. The molecule has 0 saturated heterocycles. The number of aliphatic hydroxyl groups excluding tert-OH is 1. The third-order valence-electron chi connectivity index (χ3n) is 1.83. The molecule has 0 aromatic carbocycles. The average Bonchev–Trinajstić information content (AvgIpc) is 2.28. The summed E-state index contributed by atoms with van der Waals surface area (Å²) in [6.45, 7) is 5.71. The van der Waals surface area contributed by atoms with Gasteiger partial charge in [-0.05, 0) is 26.3 Å². The second-order valence-electron chi connectivity index (χ2n) is 2.79. The monoisotopic (exact) mass is 154 g/mol. The molecule has 0 radical (unpaired) electrons. The van der Waals surface area contributed by atoms with Crippen LogP contribution in [0.5, 0.6) is 0 Å². The molecule has 1 N–H and O–H groups in total. The second-order valence-corrected chi connectivity index (χ2v) is 2.79. The van der Waals surface area contributed by atoms with Gasteiger partial charge < -0.3 is 9.52 Å². The summed E-state index contributed by atoms with van der Waals surface area (Å²) in [6, 6.07) is 1.89. The minimum atomic E-state index is -0.368. The highest BCUT2D eigenvalue weighted by Gasteiger charge is 2.11. The molecule has 0 aliphatic rings. The minimum Gasteiger partial charge on any atom is -0.466 e. The van der Waals surface area contributed by atoms with Gasteiger partial charge in [-0.15, -0.1) is 0 Å². The molecule has 0 aliphatic heterocycles. The first-order valence-electron chi connectivity index (χ1n) is 3.90. The molecule has 2 heteroatoms. The Morgan fingerprint density at radius 1 is 1.55 bits per heavy atom. The van der Waals surface area contributed by atoms with Crippen LogP contribution < -0.4 is 0 Å². The Morgan fingerprint density at radius 3 is 2.55 bits per heavy atom. The Morgan fingerprint density at radius 2 is 2.18 bits per heavy atom. The summed E-state index contributed by atoms with van der Waals surface area (Å²) in [7, 11) is 0. The van der Waals surface area contributed by atoms with Gasteiger partial charge in [-0.25, -0.2) is 0 Å². The molecule has 0 saturated carbocycles. The van der Waals surface area contributed by atoms with Gasteiger partial charge in [0.1, 0.15) is 11.5 Å². The Hall–Kier alpha value is -0.760. The van der Waals surface area contributed by atoms with Gasteiger partial charge in [-0.2, -0.15) is 0 Å². The Kier molecular flexibility index (Phi) is 2.35. The number of rotatable bonds is 2. The van der Waals surface area contributed by atoms with Crippen LogP contribution in [0, 0.1) is 13.8 Å². The van der Waals surface area contributed by atoms with Gasteiger partial charge in [0.25, 0.3) is 0 Å². The molecule has 1 unspecified atom stereocenters. The molecule has 0 amide bonds. The summed E-state index contributed by atoms with van der Waals surface area (Å²) in [5, 5.41) is 9.46. The quantitative estimate of drug-likeness (QED) is 0.709. The maximum Gasteiger partial charge on any atom is 0.106 e. The number of furan rings is 1. The third-order valence-corrected chi connectivity index (χ3v) is 1.83. The van der Waals surface area contributed by atoms with Crippen LogP contribution >= 0.6 is 0 Å². The highest BCUT2D eigenvalue weighted by Crippen LogP contribution is 2.23. The fourth-order valence-corrected chi connectivity index (χ4v) is 1.20. The van der Waals surface area contributed by atoms with Crippen molar-refractivity contribution in [3.8, 4) is 0 Å². The number of hydrogen-bond donors (Lipinski definition) is 1. The second kappa shape index (κ2) is 3.09. The van der Waals surface area contributed by atoms with Crippen LogP contribution in [0.1, 0.15) is 36.5 Å². The van der Waals surface area contributed by atoms with Crippen LogP contribution in [0.3, 0.4) is 0 Å². The van der Waals surface area contributed by atoms with E-state index in [4.69, 9.17) is 4.42 Å². The van der Waals surface area contributed by atoms with E-state index >= 15 is 0 Å². The summed E-state index contributed by atoms with van der Waals surface area (Å²) in [4.78, 5) is 0. The van der Waals surface area contributed by atoms with Crippen molar-refractivity contribution in [1.82, 2.24) is 0 Å². The zero-order valence-electron chi connectivity index (χ0n) is 7.22. The van der Waals surface area contributed by atoms with Crippen LogP contribution in [0.4, 0.5) is 0 Å². The van der Waals surface area contributed by atoms with Gasteiger partial charge in [0.2, 0.25) is 0 Å². The highest BCUT2D eigenvalue weighted by molar-refractivity contribution is 5.22. The van der Waals surface area contributed by atoms with Crippen LogP contribution in [0.15, 0.2) is 10.5 Å². The smallest absolute Gasteiger partial charge is 0.106 e. The minimum absolute atomic E-state index is 0.368. The van der Waals surface area contributed by atoms with Crippen molar-refractivity contribution in [3.05, 3.63) is 23.2 Å². The van der Waals surface area contributed by atoms with Gasteiger partial charge in [0.15, 0.2) is 0 Å². The van der Waals surface area contributed by atoms with Crippen LogP contribution in [-0.4, -0.2) is 5.11 Å². The maximum absolute atomic E-state index is 9.46. The molecule has 1 heterocycles. The summed E-state index contributed by atoms with van der Waals surface area (Å²) in [6.07, 6.45) is 0.368. The molecule has 0 bridgehead atoms. The van der Waals surface area contributed by atoms with E-state index in [1.165, 1.54) is 0 Å². The average molecular weight is 154 g/mol. The molecule has 0 fully saturated rings. The van der Waals surface area contributed by atoms with E-state index in [1.807, 2.05) is 26.8 Å². The van der Waals surface area contributed by atoms with Crippen molar-refractivity contribution in [1.29, 1.82) is 0 Å². The fourth-order valence-electron chi connectivity index (χ4n) is 1.20. The van der Waals surface area contributed by atoms with Gasteiger partial charge in [-0.1, -0.05) is 6.92 Å². The topological polar surface area (TPSA) is 33.4 Å². The first kappa shape index (κ1) is 8.34. The first-order chi connectivity index (χ1) is 5.15. The number of aliphatic hydroxyl groups is 1. The van der Waals surface area contributed by atoms with Crippen molar-refractivity contribution in [2.45, 2.75) is 33.3 Å². The normalized spacial score (nSPS) is 13.5. The number of hydrogen-bond acceptors (Lipinski definition) is 2. The Balaban J connectivity index is 2.93.